The molecule has 2 N–H and O–H groups in total. The first-order valence-corrected chi connectivity index (χ1v) is 6.53. The number of fused-ring (bicyclic) bond motifs is 1. The smallest absolute Gasteiger partial charge is 0.326 e. The van der Waals surface area contributed by atoms with Crippen molar-refractivity contribution in [3.63, 3.8) is 0 Å². The van der Waals surface area contributed by atoms with E-state index in [1.807, 2.05) is 12.1 Å². The monoisotopic (exact) mass is 260 g/mol. The molecule has 19 heavy (non-hydrogen) atoms. The van der Waals surface area contributed by atoms with Crippen molar-refractivity contribution in [2.45, 2.75) is 32.0 Å². The quantitative estimate of drug-likeness (QED) is 0.831. The Hall–Kier alpha value is -1.88. The predicted octanol–water partition coefficient (Wildman–Crippen LogP) is 0.979. The highest BCUT2D eigenvalue weighted by Crippen LogP contribution is 2.23. The Morgan fingerprint density at radius 1 is 1.26 bits per heavy atom. The minimum Gasteiger partial charge on any atom is -0.480 e. The molecule has 0 saturated carbocycles. The van der Waals surface area contributed by atoms with Gasteiger partial charge in [-0.25, -0.2) is 4.79 Å². The largest absolute Gasteiger partial charge is 0.480 e. The van der Waals surface area contributed by atoms with E-state index in [2.05, 4.69) is 5.32 Å². The van der Waals surface area contributed by atoms with Crippen molar-refractivity contribution in [2.75, 3.05) is 6.54 Å². The molecule has 0 spiro atoms. The number of rotatable bonds is 2. The lowest BCUT2D eigenvalue weighted by Gasteiger charge is -2.21. The van der Waals surface area contributed by atoms with Gasteiger partial charge in [-0.05, 0) is 36.1 Å². The first-order chi connectivity index (χ1) is 9.16. The molecule has 2 heterocycles. The van der Waals surface area contributed by atoms with Crippen molar-refractivity contribution >= 4 is 11.9 Å². The van der Waals surface area contributed by atoms with E-state index in [0.717, 1.165) is 25.1 Å². The number of carbonyl (C=O) groups excluding carboxylic acids is 1. The van der Waals surface area contributed by atoms with Crippen LogP contribution in [0.3, 0.4) is 0 Å². The number of carbonyl (C=O) groups is 2. The van der Waals surface area contributed by atoms with Crippen LogP contribution in [0.2, 0.25) is 0 Å². The molecule has 1 aromatic rings. The fraction of sp³-hybridized carbons (Fsp3) is 0.429. The predicted molar refractivity (Wildman–Crippen MR) is 68.7 cm³/mol. The lowest BCUT2D eigenvalue weighted by molar-refractivity contribution is -0.141. The first-order valence-electron chi connectivity index (χ1n) is 6.53. The van der Waals surface area contributed by atoms with E-state index in [9.17, 15) is 9.59 Å². The van der Waals surface area contributed by atoms with Crippen molar-refractivity contribution in [1.29, 1.82) is 0 Å². The van der Waals surface area contributed by atoms with Gasteiger partial charge in [0.2, 0.25) is 0 Å². The highest BCUT2D eigenvalue weighted by molar-refractivity contribution is 5.97. The van der Waals surface area contributed by atoms with Crippen LogP contribution in [0, 0.1) is 0 Å². The molecule has 0 aromatic heterocycles. The summed E-state index contributed by atoms with van der Waals surface area (Å²) < 4.78 is 0. The van der Waals surface area contributed by atoms with Crippen molar-refractivity contribution in [1.82, 2.24) is 10.2 Å². The first kappa shape index (κ1) is 12.2. The molecule has 1 atom stereocenters. The lowest BCUT2D eigenvalue weighted by Crippen LogP contribution is -2.40. The number of nitrogens with zero attached hydrogens (tertiary/aromatic N) is 1. The number of amides is 1. The van der Waals surface area contributed by atoms with E-state index in [-0.39, 0.29) is 5.91 Å². The minimum absolute atomic E-state index is 0.167. The molecule has 0 unspecified atom stereocenters. The Labute approximate surface area is 111 Å². The average molecular weight is 260 g/mol. The molecule has 2 aliphatic rings. The Kier molecular flexibility index (Phi) is 2.98. The SMILES string of the molecule is O=C(O)[C@H]1CCCN1C(=O)c1ccc2c(c1)CNC2. The average Bonchev–Trinajstić information content (AvgIpc) is 3.05. The van der Waals surface area contributed by atoms with Crippen LogP contribution in [-0.2, 0) is 17.9 Å². The van der Waals surface area contributed by atoms with Crippen LogP contribution in [0.15, 0.2) is 18.2 Å². The third kappa shape index (κ3) is 2.10. The molecule has 2 aliphatic heterocycles. The standard InChI is InChI=1S/C14H16N2O3/c17-13(16-5-1-2-12(16)14(18)19)9-3-4-10-7-15-8-11(10)6-9/h3-4,6,12,15H,1-2,5,7-8H2,(H,18,19)/t12-/m1/s1. The Morgan fingerprint density at radius 3 is 2.84 bits per heavy atom. The zero-order chi connectivity index (χ0) is 13.4. The summed E-state index contributed by atoms with van der Waals surface area (Å²) in [5.41, 5.74) is 2.94. The molecule has 0 aliphatic carbocycles. The van der Waals surface area contributed by atoms with E-state index in [1.165, 1.54) is 10.5 Å². The number of likely N-dealkylation sites (tertiary alicyclic amines) is 1. The zero-order valence-electron chi connectivity index (χ0n) is 10.6. The number of hydrogen-bond donors (Lipinski definition) is 2. The third-order valence-electron chi connectivity index (χ3n) is 3.88. The van der Waals surface area contributed by atoms with Crippen LogP contribution in [0.5, 0.6) is 0 Å². The van der Waals surface area contributed by atoms with Gasteiger partial charge >= 0.3 is 5.97 Å². The highest BCUT2D eigenvalue weighted by atomic mass is 16.4. The second-order valence-corrected chi connectivity index (χ2v) is 5.08. The molecule has 100 valence electrons. The molecule has 0 radical (unpaired) electrons. The van der Waals surface area contributed by atoms with Gasteiger partial charge in [0.05, 0.1) is 0 Å². The minimum atomic E-state index is -0.909. The molecule has 3 rings (SSSR count). The molecule has 5 heteroatoms. The molecular weight excluding hydrogens is 244 g/mol. The molecule has 1 saturated heterocycles. The molecular formula is C14H16N2O3. The van der Waals surface area contributed by atoms with Crippen molar-refractivity contribution in [2.24, 2.45) is 0 Å². The van der Waals surface area contributed by atoms with Gasteiger partial charge in [-0.3, -0.25) is 4.79 Å². The summed E-state index contributed by atoms with van der Waals surface area (Å²) in [5, 5.41) is 12.4. The van der Waals surface area contributed by atoms with Gasteiger partial charge in [0.15, 0.2) is 0 Å². The Morgan fingerprint density at radius 2 is 2.05 bits per heavy atom. The number of carboxylic acids is 1. The van der Waals surface area contributed by atoms with Crippen LogP contribution >= 0.6 is 0 Å². The summed E-state index contributed by atoms with van der Waals surface area (Å²) in [5.74, 6) is -1.08. The maximum atomic E-state index is 12.4. The maximum absolute atomic E-state index is 12.4. The van der Waals surface area contributed by atoms with E-state index in [1.54, 1.807) is 6.07 Å². The number of carboxylic acid groups (broad SMARTS) is 1. The summed E-state index contributed by atoms with van der Waals surface area (Å²) in [7, 11) is 0. The second kappa shape index (κ2) is 4.66. The van der Waals surface area contributed by atoms with Crippen molar-refractivity contribution in [3.8, 4) is 0 Å². The van der Waals surface area contributed by atoms with E-state index < -0.39 is 12.0 Å². The molecule has 1 amide bonds. The maximum Gasteiger partial charge on any atom is 0.326 e. The number of benzene rings is 1. The molecule has 5 nitrogen and oxygen atoms in total. The summed E-state index contributed by atoms with van der Waals surface area (Å²) in [6.07, 6.45) is 1.31. The van der Waals surface area contributed by atoms with Gasteiger partial charge in [-0.2, -0.15) is 0 Å². The number of nitrogens with one attached hydrogen (secondary N) is 1. The zero-order valence-corrected chi connectivity index (χ0v) is 10.6. The number of hydrogen-bond acceptors (Lipinski definition) is 3. The second-order valence-electron chi connectivity index (χ2n) is 5.08. The van der Waals surface area contributed by atoms with Gasteiger partial charge in [0, 0.05) is 25.2 Å². The molecule has 1 fully saturated rings. The summed E-state index contributed by atoms with van der Waals surface area (Å²) in [6.45, 7) is 2.15. The van der Waals surface area contributed by atoms with Crippen molar-refractivity contribution < 1.29 is 14.7 Å². The van der Waals surface area contributed by atoms with Gasteiger partial charge in [-0.1, -0.05) is 6.07 Å². The fourth-order valence-corrected chi connectivity index (χ4v) is 2.86. The van der Waals surface area contributed by atoms with Crippen LogP contribution < -0.4 is 5.32 Å². The fourth-order valence-electron chi connectivity index (χ4n) is 2.86. The highest BCUT2D eigenvalue weighted by Gasteiger charge is 2.34. The lowest BCUT2D eigenvalue weighted by atomic mass is 10.1. The van der Waals surface area contributed by atoms with Crippen LogP contribution in [0.25, 0.3) is 0 Å². The van der Waals surface area contributed by atoms with Gasteiger partial charge in [0.1, 0.15) is 6.04 Å². The summed E-state index contributed by atoms with van der Waals surface area (Å²) >= 11 is 0. The summed E-state index contributed by atoms with van der Waals surface area (Å²) in [4.78, 5) is 25.0. The van der Waals surface area contributed by atoms with Crippen LogP contribution in [-0.4, -0.2) is 34.5 Å². The van der Waals surface area contributed by atoms with Crippen molar-refractivity contribution in [3.05, 3.63) is 34.9 Å². The van der Waals surface area contributed by atoms with E-state index in [4.69, 9.17) is 5.11 Å². The van der Waals surface area contributed by atoms with E-state index in [0.29, 0.717) is 18.5 Å². The van der Waals surface area contributed by atoms with Gasteiger partial charge in [0.25, 0.3) is 5.91 Å². The van der Waals surface area contributed by atoms with Crippen LogP contribution in [0.1, 0.15) is 34.3 Å². The Balaban J connectivity index is 1.85. The van der Waals surface area contributed by atoms with E-state index >= 15 is 0 Å². The molecule has 1 aromatic carbocycles. The van der Waals surface area contributed by atoms with Gasteiger partial charge < -0.3 is 15.3 Å². The third-order valence-corrected chi connectivity index (χ3v) is 3.88. The van der Waals surface area contributed by atoms with Crippen LogP contribution in [0.4, 0.5) is 0 Å². The Bertz CT molecular complexity index is 541. The topological polar surface area (TPSA) is 69.6 Å². The van der Waals surface area contributed by atoms with Gasteiger partial charge in [-0.15, -0.1) is 0 Å². The number of aliphatic carboxylic acids is 1. The summed E-state index contributed by atoms with van der Waals surface area (Å²) in [6, 6.07) is 4.97. The molecule has 0 bridgehead atoms. The normalized spacial score (nSPS) is 21.5.